The molecule has 36 heavy (non-hydrogen) atoms. The van der Waals surface area contributed by atoms with Crippen LogP contribution in [0.4, 0.5) is 15.8 Å². The van der Waals surface area contributed by atoms with Crippen LogP contribution in [-0.2, 0) is 9.59 Å². The molecule has 0 saturated carbocycles. The fraction of sp³-hybridized carbons (Fsp3) is 0.0769. The number of ketones is 1. The minimum Gasteiger partial charge on any atom is -0.325 e. The molecule has 3 aromatic rings. The van der Waals surface area contributed by atoms with Gasteiger partial charge in [-0.3, -0.25) is 19.3 Å². The molecule has 0 atom stereocenters. The summed E-state index contributed by atoms with van der Waals surface area (Å²) in [6.45, 7) is 1.46. The summed E-state index contributed by atoms with van der Waals surface area (Å²) in [5.41, 5.74) is 1.71. The number of amides is 2. The number of aliphatic imine (C=N–C) groups is 1. The van der Waals surface area contributed by atoms with Crippen molar-refractivity contribution < 1.29 is 18.8 Å². The third-order valence-electron chi connectivity index (χ3n) is 5.08. The fourth-order valence-corrected chi connectivity index (χ4v) is 4.43. The molecule has 1 N–H and O–H groups in total. The Morgan fingerprint density at radius 1 is 1.06 bits per heavy atom. The lowest BCUT2D eigenvalue weighted by atomic mass is 10.1. The summed E-state index contributed by atoms with van der Waals surface area (Å²) >= 11 is 13.0. The number of hydrogen-bond donors (Lipinski definition) is 1. The first-order valence-corrected chi connectivity index (χ1v) is 12.3. The van der Waals surface area contributed by atoms with Gasteiger partial charge in [0.2, 0.25) is 5.91 Å². The van der Waals surface area contributed by atoms with Gasteiger partial charge in [-0.15, -0.1) is 0 Å². The number of hydrogen-bond acceptors (Lipinski definition) is 5. The normalized spacial score (nSPS) is 14.2. The SMILES string of the molecule is CC(=O)c1ccc(NC(=O)CSC2=N/C(=C\c3ccc(Cl)c(Cl)c3)C(=O)N2c2ccccc2F)cc1. The van der Waals surface area contributed by atoms with Crippen molar-refractivity contribution in [3.63, 3.8) is 0 Å². The number of Topliss-reactive ketones (excluding diaryl/α,β-unsaturated/α-hetero) is 1. The number of benzene rings is 3. The maximum absolute atomic E-state index is 14.6. The van der Waals surface area contributed by atoms with Crippen molar-refractivity contribution in [2.45, 2.75) is 6.92 Å². The van der Waals surface area contributed by atoms with E-state index in [1.807, 2.05) is 0 Å². The molecular formula is C26H18Cl2FN3O3S. The molecular weight excluding hydrogens is 524 g/mol. The van der Waals surface area contributed by atoms with Crippen LogP contribution >= 0.6 is 35.0 Å². The molecule has 1 aliphatic rings. The van der Waals surface area contributed by atoms with Gasteiger partial charge in [0, 0.05) is 11.3 Å². The lowest BCUT2D eigenvalue weighted by molar-refractivity contribution is -0.114. The molecule has 3 aromatic carbocycles. The van der Waals surface area contributed by atoms with Crippen LogP contribution < -0.4 is 10.2 Å². The number of nitrogens with zero attached hydrogens (tertiary/aromatic N) is 2. The molecule has 10 heteroatoms. The standard InChI is InChI=1S/C26H18Cl2FN3O3S/c1-15(33)17-7-9-18(10-8-17)30-24(34)14-36-26-31-22(13-16-6-11-19(27)20(28)12-16)25(35)32(26)23-5-3-2-4-21(23)29/h2-13H,14H2,1H3,(H,30,34)/b22-13-. The highest BCUT2D eigenvalue weighted by Crippen LogP contribution is 2.32. The molecule has 0 fully saturated rings. The zero-order chi connectivity index (χ0) is 25.8. The van der Waals surface area contributed by atoms with Gasteiger partial charge in [-0.1, -0.05) is 53.2 Å². The number of nitrogens with one attached hydrogen (secondary N) is 1. The first kappa shape index (κ1) is 25.6. The molecule has 1 aliphatic heterocycles. The average Bonchev–Trinajstić information content (AvgIpc) is 3.15. The highest BCUT2D eigenvalue weighted by Gasteiger charge is 2.34. The van der Waals surface area contributed by atoms with Crippen molar-refractivity contribution in [2.24, 2.45) is 4.99 Å². The summed E-state index contributed by atoms with van der Waals surface area (Å²) in [4.78, 5) is 42.7. The van der Waals surface area contributed by atoms with Gasteiger partial charge in [0.15, 0.2) is 11.0 Å². The van der Waals surface area contributed by atoms with Gasteiger partial charge in [-0.25, -0.2) is 9.38 Å². The van der Waals surface area contributed by atoms with E-state index in [2.05, 4.69) is 10.3 Å². The van der Waals surface area contributed by atoms with E-state index in [-0.39, 0.29) is 34.0 Å². The summed E-state index contributed by atoms with van der Waals surface area (Å²) in [7, 11) is 0. The smallest absolute Gasteiger partial charge is 0.283 e. The maximum Gasteiger partial charge on any atom is 0.283 e. The van der Waals surface area contributed by atoms with E-state index >= 15 is 0 Å². The Hall–Kier alpha value is -3.46. The summed E-state index contributed by atoms with van der Waals surface area (Å²) < 4.78 is 14.6. The van der Waals surface area contributed by atoms with E-state index in [9.17, 15) is 18.8 Å². The van der Waals surface area contributed by atoms with E-state index < -0.39 is 11.7 Å². The van der Waals surface area contributed by atoms with Gasteiger partial charge in [0.1, 0.15) is 11.5 Å². The molecule has 4 rings (SSSR count). The largest absolute Gasteiger partial charge is 0.325 e. The van der Waals surface area contributed by atoms with Crippen molar-refractivity contribution in [2.75, 3.05) is 16.0 Å². The summed E-state index contributed by atoms with van der Waals surface area (Å²) in [6.07, 6.45) is 1.52. The molecule has 0 aromatic heterocycles. The molecule has 0 aliphatic carbocycles. The highest BCUT2D eigenvalue weighted by atomic mass is 35.5. The molecule has 0 unspecified atom stereocenters. The number of para-hydroxylation sites is 1. The minimum absolute atomic E-state index is 0.0199. The van der Waals surface area contributed by atoms with E-state index in [0.29, 0.717) is 26.9 Å². The minimum atomic E-state index is -0.607. The zero-order valence-corrected chi connectivity index (χ0v) is 21.1. The molecule has 1 heterocycles. The van der Waals surface area contributed by atoms with Crippen LogP contribution in [0.2, 0.25) is 10.0 Å². The summed E-state index contributed by atoms with van der Waals surface area (Å²) in [6, 6.07) is 17.2. The second kappa shape index (κ2) is 11.1. The van der Waals surface area contributed by atoms with Crippen molar-refractivity contribution in [1.29, 1.82) is 0 Å². The van der Waals surface area contributed by atoms with Gasteiger partial charge in [-0.2, -0.15) is 0 Å². The van der Waals surface area contributed by atoms with Gasteiger partial charge >= 0.3 is 0 Å². The van der Waals surface area contributed by atoms with Crippen LogP contribution in [0, 0.1) is 5.82 Å². The van der Waals surface area contributed by atoms with E-state index in [1.165, 1.54) is 31.2 Å². The first-order chi connectivity index (χ1) is 17.2. The molecule has 182 valence electrons. The lowest BCUT2D eigenvalue weighted by Crippen LogP contribution is -2.32. The van der Waals surface area contributed by atoms with Crippen LogP contribution in [0.5, 0.6) is 0 Å². The number of amidine groups is 1. The molecule has 6 nitrogen and oxygen atoms in total. The van der Waals surface area contributed by atoms with Crippen LogP contribution in [0.15, 0.2) is 77.4 Å². The first-order valence-electron chi connectivity index (χ1n) is 10.6. The Balaban J connectivity index is 1.56. The number of anilines is 2. The Kier molecular flexibility index (Phi) is 7.88. The molecule has 0 spiro atoms. The van der Waals surface area contributed by atoms with Crippen molar-refractivity contribution in [3.05, 3.63) is 99.4 Å². The van der Waals surface area contributed by atoms with E-state index in [1.54, 1.807) is 48.5 Å². The van der Waals surface area contributed by atoms with E-state index in [4.69, 9.17) is 23.2 Å². The Bertz CT molecular complexity index is 1420. The molecule has 0 bridgehead atoms. The Morgan fingerprint density at radius 3 is 2.44 bits per heavy atom. The predicted octanol–water partition coefficient (Wildman–Crippen LogP) is 6.45. The second-order valence-electron chi connectivity index (χ2n) is 7.66. The summed E-state index contributed by atoms with van der Waals surface area (Å²) in [5, 5.41) is 3.56. The average molecular weight is 542 g/mol. The van der Waals surface area contributed by atoms with Crippen molar-refractivity contribution >= 4 is 75.2 Å². The second-order valence-corrected chi connectivity index (χ2v) is 9.42. The van der Waals surface area contributed by atoms with Gasteiger partial charge in [-0.05, 0) is 67.1 Å². The van der Waals surface area contributed by atoms with Gasteiger partial charge in [0.25, 0.3) is 5.91 Å². The predicted molar refractivity (Wildman–Crippen MR) is 143 cm³/mol. The monoisotopic (exact) mass is 541 g/mol. The van der Waals surface area contributed by atoms with Crippen molar-refractivity contribution in [1.82, 2.24) is 0 Å². The molecule has 0 saturated heterocycles. The quantitative estimate of drug-likeness (QED) is 0.287. The van der Waals surface area contributed by atoms with Crippen LogP contribution in [0.1, 0.15) is 22.8 Å². The van der Waals surface area contributed by atoms with Gasteiger partial charge in [0.05, 0.1) is 21.5 Å². The number of carbonyl (C=O) groups is 3. The van der Waals surface area contributed by atoms with Crippen LogP contribution in [0.25, 0.3) is 6.08 Å². The topological polar surface area (TPSA) is 78.8 Å². The zero-order valence-electron chi connectivity index (χ0n) is 18.8. The third kappa shape index (κ3) is 5.84. The number of carbonyl (C=O) groups excluding carboxylic acids is 3. The third-order valence-corrected chi connectivity index (χ3v) is 6.76. The number of rotatable bonds is 6. The van der Waals surface area contributed by atoms with Crippen LogP contribution in [-0.4, -0.2) is 28.5 Å². The van der Waals surface area contributed by atoms with Gasteiger partial charge < -0.3 is 5.32 Å². The lowest BCUT2D eigenvalue weighted by Gasteiger charge is -2.18. The van der Waals surface area contributed by atoms with Crippen LogP contribution in [0.3, 0.4) is 0 Å². The number of halogens is 3. The fourth-order valence-electron chi connectivity index (χ4n) is 3.31. The Labute approximate surface area is 220 Å². The van der Waals surface area contributed by atoms with E-state index in [0.717, 1.165) is 16.7 Å². The number of thioether (sulfide) groups is 1. The molecule has 2 amide bonds. The Morgan fingerprint density at radius 2 is 1.78 bits per heavy atom. The van der Waals surface area contributed by atoms with Crippen molar-refractivity contribution in [3.8, 4) is 0 Å². The molecule has 0 radical (unpaired) electrons. The maximum atomic E-state index is 14.6. The summed E-state index contributed by atoms with van der Waals surface area (Å²) in [5.74, 6) is -1.68. The highest BCUT2D eigenvalue weighted by molar-refractivity contribution is 8.14.